The van der Waals surface area contributed by atoms with Gasteiger partial charge in [0.05, 0.1) is 5.49 Å². The molecule has 0 spiro atoms. The van der Waals surface area contributed by atoms with Crippen LogP contribution in [0.25, 0.3) is 0 Å². The molecule has 0 saturated heterocycles. The number of amides is 1. The molecule has 0 heterocycles. The summed E-state index contributed by atoms with van der Waals surface area (Å²) in [5, 5.41) is 0. The minimum atomic E-state index is -0.113. The molecular weight excluding hydrogens is 148 g/mol. The second-order valence-electron chi connectivity index (χ2n) is 1.77. The molecule has 0 bridgehead atoms. The topological polar surface area (TPSA) is 32.7 Å². The van der Waals surface area contributed by atoms with Crippen molar-refractivity contribution in [3.8, 4) is 0 Å². The Morgan fingerprint density at radius 2 is 2.10 bits per heavy atom. The molecule has 0 N–H and O–H groups in total. The first-order valence-corrected chi connectivity index (χ1v) is 3.29. The Labute approximate surface area is 65.7 Å². The monoisotopic (exact) mass is 158 g/mol. The Hall–Kier alpha value is -0.770. The van der Waals surface area contributed by atoms with Gasteiger partial charge >= 0.3 is 0 Å². The molecule has 0 saturated carbocycles. The Morgan fingerprint density at radius 3 is 2.20 bits per heavy atom. The second-order valence-corrected chi connectivity index (χ2v) is 1.98. The van der Waals surface area contributed by atoms with Crippen LogP contribution in [0.4, 0.5) is 0 Å². The van der Waals surface area contributed by atoms with Crippen LogP contribution in [-0.2, 0) is 4.79 Å². The normalized spacial score (nSPS) is 10.9. The minimum Gasteiger partial charge on any atom is -0.275 e. The number of carbonyl (C=O) groups excluding carboxylic acids is 1. The van der Waals surface area contributed by atoms with Crippen molar-refractivity contribution < 1.29 is 4.79 Å². The summed E-state index contributed by atoms with van der Waals surface area (Å²) in [5.41, 5.74) is 1.28. The van der Waals surface area contributed by atoms with Crippen LogP contribution >= 0.6 is 12.2 Å². The zero-order valence-electron chi connectivity index (χ0n) is 6.29. The molecule has 0 aromatic rings. The molecule has 0 aromatic carbocycles. The molecule has 0 radical (unpaired) electrons. The first kappa shape index (κ1) is 9.23. The molecule has 0 aromatic heterocycles. The quantitative estimate of drug-likeness (QED) is 0.322. The molecule has 0 aliphatic rings. The van der Waals surface area contributed by atoms with Crippen LogP contribution in [0.15, 0.2) is 4.99 Å². The average molecular weight is 158 g/mol. The third kappa shape index (κ3) is 2.23. The van der Waals surface area contributed by atoms with Crippen molar-refractivity contribution in [2.24, 2.45) is 4.99 Å². The number of thiocarbonyl (C=S) groups is 1. The Balaban J connectivity index is 4.36. The lowest BCUT2D eigenvalue weighted by Gasteiger charge is -2.12. The van der Waals surface area contributed by atoms with E-state index >= 15 is 0 Å². The van der Waals surface area contributed by atoms with E-state index in [1.54, 1.807) is 14.0 Å². The highest BCUT2D eigenvalue weighted by Gasteiger charge is 2.06. The Bertz CT molecular complexity index is 177. The molecule has 0 aliphatic heterocycles. The van der Waals surface area contributed by atoms with E-state index in [0.717, 1.165) is 0 Å². The van der Waals surface area contributed by atoms with Crippen LogP contribution in [0.3, 0.4) is 0 Å². The standard InChI is InChI=1S/C6H10N2OS/c1-5(7-3)8(4-10)6(2)9/h4H,1-3H3/b7-5-. The summed E-state index contributed by atoms with van der Waals surface area (Å²) in [6.45, 7) is 3.17. The van der Waals surface area contributed by atoms with E-state index in [1.807, 2.05) is 0 Å². The highest BCUT2D eigenvalue weighted by Crippen LogP contribution is 1.88. The Kier molecular flexibility index (Phi) is 3.79. The zero-order valence-corrected chi connectivity index (χ0v) is 7.10. The summed E-state index contributed by atoms with van der Waals surface area (Å²) in [5.74, 6) is 0.501. The van der Waals surface area contributed by atoms with Crippen molar-refractivity contribution in [3.63, 3.8) is 0 Å². The number of hydrogen-bond acceptors (Lipinski definition) is 3. The van der Waals surface area contributed by atoms with Crippen LogP contribution in [0.2, 0.25) is 0 Å². The molecule has 0 unspecified atom stereocenters. The summed E-state index contributed by atoms with van der Waals surface area (Å²) in [4.78, 5) is 15.8. The highest BCUT2D eigenvalue weighted by atomic mass is 32.1. The molecule has 10 heavy (non-hydrogen) atoms. The van der Waals surface area contributed by atoms with E-state index in [4.69, 9.17) is 0 Å². The fraction of sp³-hybridized carbons (Fsp3) is 0.500. The first-order chi connectivity index (χ1) is 4.63. The van der Waals surface area contributed by atoms with Gasteiger partial charge in [0.2, 0.25) is 5.91 Å². The second kappa shape index (κ2) is 4.11. The van der Waals surface area contributed by atoms with Crippen LogP contribution in [0, 0.1) is 0 Å². The van der Waals surface area contributed by atoms with Gasteiger partial charge in [-0.25, -0.2) is 0 Å². The lowest BCUT2D eigenvalue weighted by Crippen LogP contribution is -2.31. The van der Waals surface area contributed by atoms with Gasteiger partial charge in [0, 0.05) is 14.0 Å². The van der Waals surface area contributed by atoms with E-state index < -0.39 is 0 Å². The van der Waals surface area contributed by atoms with Gasteiger partial charge in [-0.1, -0.05) is 12.2 Å². The van der Waals surface area contributed by atoms with Crippen molar-refractivity contribution >= 4 is 29.5 Å². The maximum Gasteiger partial charge on any atom is 0.229 e. The lowest BCUT2D eigenvalue weighted by atomic mass is 10.5. The molecule has 4 heteroatoms. The van der Waals surface area contributed by atoms with Gasteiger partial charge in [-0.15, -0.1) is 0 Å². The molecule has 3 nitrogen and oxygen atoms in total. The first-order valence-electron chi connectivity index (χ1n) is 2.82. The van der Waals surface area contributed by atoms with Crippen molar-refractivity contribution in [1.29, 1.82) is 0 Å². The number of hydrogen-bond donors (Lipinski definition) is 0. The number of rotatable bonds is 1. The smallest absolute Gasteiger partial charge is 0.229 e. The van der Waals surface area contributed by atoms with E-state index in [-0.39, 0.29) is 5.91 Å². The van der Waals surface area contributed by atoms with Gasteiger partial charge in [0.1, 0.15) is 5.84 Å². The fourth-order valence-electron chi connectivity index (χ4n) is 0.486. The summed E-state index contributed by atoms with van der Waals surface area (Å²) in [6, 6.07) is 0. The van der Waals surface area contributed by atoms with Gasteiger partial charge in [-0.3, -0.25) is 14.7 Å². The van der Waals surface area contributed by atoms with E-state index in [0.29, 0.717) is 5.84 Å². The third-order valence-corrected chi connectivity index (χ3v) is 1.33. The molecule has 1 amide bonds. The van der Waals surface area contributed by atoms with Crippen molar-refractivity contribution in [3.05, 3.63) is 0 Å². The number of amidine groups is 1. The maximum absolute atomic E-state index is 10.7. The van der Waals surface area contributed by atoms with Crippen molar-refractivity contribution in [1.82, 2.24) is 4.90 Å². The fourth-order valence-corrected chi connectivity index (χ4v) is 0.787. The summed E-state index contributed by atoms with van der Waals surface area (Å²) >= 11 is 4.59. The van der Waals surface area contributed by atoms with Crippen molar-refractivity contribution in [2.75, 3.05) is 7.05 Å². The lowest BCUT2D eigenvalue weighted by molar-refractivity contribution is -0.122. The van der Waals surface area contributed by atoms with Gasteiger partial charge in [-0.2, -0.15) is 0 Å². The zero-order chi connectivity index (χ0) is 8.15. The van der Waals surface area contributed by atoms with Crippen LogP contribution in [0.5, 0.6) is 0 Å². The molecular formula is C6H10N2OS. The van der Waals surface area contributed by atoms with E-state index in [9.17, 15) is 4.79 Å². The predicted molar refractivity (Wildman–Crippen MR) is 45.2 cm³/mol. The molecule has 56 valence electrons. The van der Waals surface area contributed by atoms with Gasteiger partial charge < -0.3 is 0 Å². The van der Waals surface area contributed by atoms with Gasteiger partial charge in [0.25, 0.3) is 0 Å². The van der Waals surface area contributed by atoms with E-state index in [2.05, 4.69) is 17.2 Å². The summed E-state index contributed by atoms with van der Waals surface area (Å²) in [6.07, 6.45) is 0. The largest absolute Gasteiger partial charge is 0.275 e. The number of nitrogens with zero attached hydrogens (tertiary/aromatic N) is 2. The van der Waals surface area contributed by atoms with Crippen LogP contribution in [-0.4, -0.2) is 29.2 Å². The predicted octanol–water partition coefficient (Wildman–Crippen LogP) is 0.840. The summed E-state index contributed by atoms with van der Waals surface area (Å²) in [7, 11) is 1.62. The van der Waals surface area contributed by atoms with Crippen LogP contribution in [0.1, 0.15) is 13.8 Å². The van der Waals surface area contributed by atoms with E-state index in [1.165, 1.54) is 17.3 Å². The molecule has 0 atom stereocenters. The summed E-state index contributed by atoms with van der Waals surface area (Å²) < 4.78 is 0. The molecule has 0 fully saturated rings. The van der Waals surface area contributed by atoms with Gasteiger partial charge in [0.15, 0.2) is 0 Å². The van der Waals surface area contributed by atoms with Crippen LogP contribution < -0.4 is 0 Å². The maximum atomic E-state index is 10.7. The third-order valence-electron chi connectivity index (χ3n) is 1.12. The van der Waals surface area contributed by atoms with Gasteiger partial charge in [-0.05, 0) is 6.92 Å². The average Bonchev–Trinajstić information content (AvgIpc) is 1.88. The minimum absolute atomic E-state index is 0.113. The van der Waals surface area contributed by atoms with Crippen molar-refractivity contribution in [2.45, 2.75) is 13.8 Å². The Morgan fingerprint density at radius 1 is 1.60 bits per heavy atom. The molecule has 0 rings (SSSR count). The SMILES string of the molecule is C/N=C(/C)N(C=S)C(C)=O. The number of aliphatic imine (C=N–C) groups is 1. The molecule has 0 aliphatic carbocycles. The highest BCUT2D eigenvalue weighted by molar-refractivity contribution is 7.78. The number of carbonyl (C=O) groups is 1.